The Kier molecular flexibility index (Phi) is 7.88. The molecule has 3 atom stereocenters. The summed E-state index contributed by atoms with van der Waals surface area (Å²) in [6.07, 6.45) is 3.56. The average molecular weight is 242 g/mol. The zero-order chi connectivity index (χ0) is 13.4. The number of allylic oxidation sites excluding steroid dienone is 2. The van der Waals surface area contributed by atoms with Crippen LogP contribution in [-0.4, -0.2) is 23.3 Å². The van der Waals surface area contributed by atoms with Gasteiger partial charge in [0.2, 0.25) is 0 Å². The Balaban J connectivity index is 3.84. The standard InChI is InChI=1S/C14H26O3/c1-10(2)7-6-8-11(3)9-14(16)17-13(5)12(4)15/h7,11-13,15H,6,8-9H2,1-5H3. The Bertz CT molecular complexity index is 252. The molecule has 0 amide bonds. The van der Waals surface area contributed by atoms with Crippen molar-refractivity contribution in [1.82, 2.24) is 0 Å². The van der Waals surface area contributed by atoms with Crippen LogP contribution in [0.4, 0.5) is 0 Å². The summed E-state index contributed by atoms with van der Waals surface area (Å²) in [5, 5.41) is 9.22. The number of carbonyl (C=O) groups is 1. The van der Waals surface area contributed by atoms with Crippen LogP contribution in [0.1, 0.15) is 53.9 Å². The summed E-state index contributed by atoms with van der Waals surface area (Å²) in [7, 11) is 0. The molecule has 0 rings (SSSR count). The van der Waals surface area contributed by atoms with Crippen molar-refractivity contribution < 1.29 is 14.6 Å². The number of hydrogen-bond acceptors (Lipinski definition) is 3. The molecule has 0 aromatic rings. The van der Waals surface area contributed by atoms with Crippen molar-refractivity contribution in [2.45, 2.75) is 66.1 Å². The van der Waals surface area contributed by atoms with E-state index in [0.29, 0.717) is 12.3 Å². The zero-order valence-electron chi connectivity index (χ0n) is 11.7. The van der Waals surface area contributed by atoms with Crippen molar-refractivity contribution in [3.05, 3.63) is 11.6 Å². The Morgan fingerprint density at radius 1 is 1.29 bits per heavy atom. The van der Waals surface area contributed by atoms with E-state index in [1.807, 2.05) is 6.92 Å². The highest BCUT2D eigenvalue weighted by atomic mass is 16.6. The number of ether oxygens (including phenoxy) is 1. The lowest BCUT2D eigenvalue weighted by molar-refractivity contribution is -0.154. The Labute approximate surface area is 105 Å². The third-order valence-electron chi connectivity index (χ3n) is 2.72. The molecule has 3 unspecified atom stereocenters. The van der Waals surface area contributed by atoms with Gasteiger partial charge in [-0.3, -0.25) is 4.79 Å². The quantitative estimate of drug-likeness (QED) is 0.551. The highest BCUT2D eigenvalue weighted by Gasteiger charge is 2.16. The maximum absolute atomic E-state index is 11.5. The van der Waals surface area contributed by atoms with Crippen LogP contribution in [0.25, 0.3) is 0 Å². The lowest BCUT2D eigenvalue weighted by atomic mass is 10.0. The first kappa shape index (κ1) is 16.2. The molecule has 0 saturated carbocycles. The van der Waals surface area contributed by atoms with E-state index in [2.05, 4.69) is 19.9 Å². The third-order valence-corrected chi connectivity index (χ3v) is 2.72. The normalized spacial score (nSPS) is 15.9. The summed E-state index contributed by atoms with van der Waals surface area (Å²) in [5.41, 5.74) is 1.31. The van der Waals surface area contributed by atoms with Gasteiger partial charge in [-0.15, -0.1) is 0 Å². The molecular formula is C14H26O3. The zero-order valence-corrected chi connectivity index (χ0v) is 11.7. The smallest absolute Gasteiger partial charge is 0.306 e. The van der Waals surface area contributed by atoms with Crippen LogP contribution in [0.3, 0.4) is 0 Å². The van der Waals surface area contributed by atoms with Crippen molar-refractivity contribution in [3.63, 3.8) is 0 Å². The van der Waals surface area contributed by atoms with Crippen molar-refractivity contribution in [3.8, 4) is 0 Å². The molecule has 0 radical (unpaired) electrons. The van der Waals surface area contributed by atoms with Crippen LogP contribution < -0.4 is 0 Å². The minimum absolute atomic E-state index is 0.219. The highest BCUT2D eigenvalue weighted by Crippen LogP contribution is 2.13. The molecule has 0 heterocycles. The van der Waals surface area contributed by atoms with Gasteiger partial charge in [0.05, 0.1) is 6.10 Å². The molecule has 0 aliphatic rings. The first-order chi connectivity index (χ1) is 7.82. The van der Waals surface area contributed by atoms with E-state index in [-0.39, 0.29) is 5.97 Å². The fourth-order valence-electron chi connectivity index (χ4n) is 1.40. The summed E-state index contributed by atoms with van der Waals surface area (Å²) in [6.45, 7) is 9.52. The number of esters is 1. The molecule has 17 heavy (non-hydrogen) atoms. The van der Waals surface area contributed by atoms with Crippen molar-refractivity contribution in [2.24, 2.45) is 5.92 Å². The maximum Gasteiger partial charge on any atom is 0.306 e. The summed E-state index contributed by atoms with van der Waals surface area (Å²) < 4.78 is 5.11. The topological polar surface area (TPSA) is 46.5 Å². The molecule has 0 saturated heterocycles. The summed E-state index contributed by atoms with van der Waals surface area (Å²) in [4.78, 5) is 11.5. The summed E-state index contributed by atoms with van der Waals surface area (Å²) in [6, 6.07) is 0. The molecule has 0 bridgehead atoms. The van der Waals surface area contributed by atoms with Crippen LogP contribution in [0.15, 0.2) is 11.6 Å². The predicted molar refractivity (Wildman–Crippen MR) is 69.7 cm³/mol. The molecule has 0 fully saturated rings. The molecule has 3 heteroatoms. The second kappa shape index (κ2) is 8.29. The first-order valence-electron chi connectivity index (χ1n) is 6.33. The SMILES string of the molecule is CC(C)=CCCC(C)CC(=O)OC(C)C(C)O. The van der Waals surface area contributed by atoms with Crippen molar-refractivity contribution in [2.75, 3.05) is 0 Å². The Hall–Kier alpha value is -0.830. The third kappa shape index (κ3) is 8.93. The van der Waals surface area contributed by atoms with Crippen LogP contribution in [0.5, 0.6) is 0 Å². The lowest BCUT2D eigenvalue weighted by Gasteiger charge is -2.17. The number of carbonyl (C=O) groups excluding carboxylic acids is 1. The molecule has 0 aromatic heterocycles. The van der Waals surface area contributed by atoms with E-state index < -0.39 is 12.2 Å². The van der Waals surface area contributed by atoms with E-state index in [1.165, 1.54) is 5.57 Å². The van der Waals surface area contributed by atoms with E-state index in [0.717, 1.165) is 12.8 Å². The molecular weight excluding hydrogens is 216 g/mol. The second-order valence-electron chi connectivity index (χ2n) is 5.10. The van der Waals surface area contributed by atoms with Crippen molar-refractivity contribution in [1.29, 1.82) is 0 Å². The van der Waals surface area contributed by atoms with Gasteiger partial charge in [-0.05, 0) is 46.5 Å². The van der Waals surface area contributed by atoms with Crippen molar-refractivity contribution >= 4 is 5.97 Å². The van der Waals surface area contributed by atoms with Gasteiger partial charge in [-0.2, -0.15) is 0 Å². The number of hydrogen-bond donors (Lipinski definition) is 1. The van der Waals surface area contributed by atoms with E-state index >= 15 is 0 Å². The molecule has 0 aromatic carbocycles. The highest BCUT2D eigenvalue weighted by molar-refractivity contribution is 5.69. The monoisotopic (exact) mass is 242 g/mol. The van der Waals surface area contributed by atoms with Crippen LogP contribution in [-0.2, 0) is 9.53 Å². The van der Waals surface area contributed by atoms with Gasteiger partial charge in [0, 0.05) is 6.42 Å². The predicted octanol–water partition coefficient (Wildman–Crippen LogP) is 3.07. The molecule has 100 valence electrons. The van der Waals surface area contributed by atoms with Gasteiger partial charge in [-0.25, -0.2) is 0 Å². The van der Waals surface area contributed by atoms with Gasteiger partial charge < -0.3 is 9.84 Å². The Morgan fingerprint density at radius 3 is 2.35 bits per heavy atom. The largest absolute Gasteiger partial charge is 0.460 e. The lowest BCUT2D eigenvalue weighted by Crippen LogP contribution is -2.26. The fourth-order valence-corrected chi connectivity index (χ4v) is 1.40. The number of aliphatic hydroxyl groups is 1. The molecule has 0 aliphatic heterocycles. The summed E-state index contributed by atoms with van der Waals surface area (Å²) in [5.74, 6) is 0.0994. The number of aliphatic hydroxyl groups excluding tert-OH is 1. The van der Waals surface area contributed by atoms with Gasteiger partial charge in [0.25, 0.3) is 0 Å². The average Bonchev–Trinajstić information content (AvgIpc) is 2.16. The number of rotatable bonds is 7. The van der Waals surface area contributed by atoms with E-state index in [4.69, 9.17) is 4.74 Å². The van der Waals surface area contributed by atoms with Gasteiger partial charge in [0.1, 0.15) is 6.10 Å². The first-order valence-corrected chi connectivity index (χ1v) is 6.33. The van der Waals surface area contributed by atoms with Gasteiger partial charge >= 0.3 is 5.97 Å². The Morgan fingerprint density at radius 2 is 1.88 bits per heavy atom. The second-order valence-corrected chi connectivity index (χ2v) is 5.10. The molecule has 0 aliphatic carbocycles. The summed E-state index contributed by atoms with van der Waals surface area (Å²) >= 11 is 0. The van der Waals surface area contributed by atoms with E-state index in [9.17, 15) is 9.90 Å². The fraction of sp³-hybridized carbons (Fsp3) is 0.786. The van der Waals surface area contributed by atoms with Crippen LogP contribution >= 0.6 is 0 Å². The van der Waals surface area contributed by atoms with Gasteiger partial charge in [-0.1, -0.05) is 18.6 Å². The van der Waals surface area contributed by atoms with Crippen LogP contribution in [0.2, 0.25) is 0 Å². The van der Waals surface area contributed by atoms with Gasteiger partial charge in [0.15, 0.2) is 0 Å². The minimum Gasteiger partial charge on any atom is -0.460 e. The molecule has 1 N–H and O–H groups in total. The van der Waals surface area contributed by atoms with E-state index in [1.54, 1.807) is 13.8 Å². The minimum atomic E-state index is -0.611. The maximum atomic E-state index is 11.5. The van der Waals surface area contributed by atoms with Crippen LogP contribution in [0, 0.1) is 5.92 Å². The molecule has 3 nitrogen and oxygen atoms in total. The molecule has 0 spiro atoms.